The van der Waals surface area contributed by atoms with E-state index in [9.17, 15) is 0 Å². The summed E-state index contributed by atoms with van der Waals surface area (Å²) in [4.78, 5) is 4.20. The van der Waals surface area contributed by atoms with Gasteiger partial charge < -0.3 is 4.74 Å². The van der Waals surface area contributed by atoms with E-state index in [2.05, 4.69) is 15.2 Å². The Kier molecular flexibility index (Phi) is 1.03. The van der Waals surface area contributed by atoms with Crippen LogP contribution in [0, 0.1) is 5.92 Å². The topological polar surface area (TPSA) is 46.3 Å². The number of hydrogen-bond donors (Lipinski definition) is 0. The molecule has 0 spiro atoms. The highest BCUT2D eigenvalue weighted by Crippen LogP contribution is 2.30. The standard InChI is InChI=1S/C8H7N3O/c1-2-12-7-5(1)3-9-8-6(7)4-10-11-8/h3-5H,1-2H2. The van der Waals surface area contributed by atoms with Crippen LogP contribution in [0.25, 0.3) is 0 Å². The number of dihydropyridines is 1. The average molecular weight is 161 g/mol. The van der Waals surface area contributed by atoms with Crippen molar-refractivity contribution >= 4 is 18.3 Å². The molecule has 1 saturated heterocycles. The van der Waals surface area contributed by atoms with Crippen molar-refractivity contribution in [3.63, 3.8) is 0 Å². The highest BCUT2D eigenvalue weighted by atomic mass is 16.5. The summed E-state index contributed by atoms with van der Waals surface area (Å²) in [6, 6.07) is 0. The predicted octanol–water partition coefficient (Wildman–Crippen LogP) is 0.759. The quantitative estimate of drug-likeness (QED) is 0.517. The highest BCUT2D eigenvalue weighted by molar-refractivity contribution is 6.21. The number of aliphatic imine (C=N–C) groups is 1. The number of allylic oxidation sites excluding steroid dienone is 1. The second-order valence-electron chi connectivity index (χ2n) is 2.97. The Morgan fingerprint density at radius 2 is 2.50 bits per heavy atom. The normalized spacial score (nSPS) is 30.0. The SMILES string of the molecule is C1=NN=C2N=CC3CCOC3=C12. The van der Waals surface area contributed by atoms with Gasteiger partial charge in [0.2, 0.25) is 0 Å². The number of rotatable bonds is 0. The molecule has 0 aromatic heterocycles. The number of nitrogens with zero attached hydrogens (tertiary/aromatic N) is 3. The van der Waals surface area contributed by atoms with Crippen molar-refractivity contribution in [2.75, 3.05) is 6.61 Å². The molecule has 1 atom stereocenters. The third-order valence-electron chi connectivity index (χ3n) is 2.25. The Labute approximate surface area is 69.4 Å². The maximum Gasteiger partial charge on any atom is 0.186 e. The molecule has 12 heavy (non-hydrogen) atoms. The molecule has 3 aliphatic rings. The van der Waals surface area contributed by atoms with Gasteiger partial charge in [-0.05, 0) is 6.42 Å². The van der Waals surface area contributed by atoms with Crippen LogP contribution < -0.4 is 0 Å². The van der Waals surface area contributed by atoms with Gasteiger partial charge in [0.25, 0.3) is 0 Å². The van der Waals surface area contributed by atoms with E-state index in [-0.39, 0.29) is 0 Å². The minimum absolute atomic E-state index is 0.364. The molecule has 0 amide bonds. The third-order valence-corrected chi connectivity index (χ3v) is 2.25. The zero-order valence-corrected chi connectivity index (χ0v) is 6.40. The summed E-state index contributed by atoms with van der Waals surface area (Å²) in [5.41, 5.74) is 0.972. The first-order chi connectivity index (χ1) is 5.95. The van der Waals surface area contributed by atoms with Gasteiger partial charge in [-0.1, -0.05) is 0 Å². The van der Waals surface area contributed by atoms with Gasteiger partial charge in [0, 0.05) is 6.21 Å². The molecule has 3 aliphatic heterocycles. The average Bonchev–Trinajstić information content (AvgIpc) is 2.71. The van der Waals surface area contributed by atoms with Gasteiger partial charge >= 0.3 is 0 Å². The van der Waals surface area contributed by atoms with Crippen LogP contribution >= 0.6 is 0 Å². The van der Waals surface area contributed by atoms with Crippen molar-refractivity contribution in [3.05, 3.63) is 11.3 Å². The summed E-state index contributed by atoms with van der Waals surface area (Å²) in [6.45, 7) is 0.788. The molecule has 4 heteroatoms. The molecule has 0 saturated carbocycles. The van der Waals surface area contributed by atoms with E-state index in [1.807, 2.05) is 6.21 Å². The predicted molar refractivity (Wildman–Crippen MR) is 45.5 cm³/mol. The fourth-order valence-electron chi connectivity index (χ4n) is 1.64. The van der Waals surface area contributed by atoms with Crippen LogP contribution in [0.5, 0.6) is 0 Å². The summed E-state index contributed by atoms with van der Waals surface area (Å²) < 4.78 is 5.49. The van der Waals surface area contributed by atoms with Gasteiger partial charge in [-0.15, -0.1) is 5.10 Å². The summed E-state index contributed by atoms with van der Waals surface area (Å²) in [6.07, 6.45) is 4.66. The molecular weight excluding hydrogens is 154 g/mol. The molecule has 60 valence electrons. The Balaban J connectivity index is 2.17. The van der Waals surface area contributed by atoms with Crippen LogP contribution in [0.3, 0.4) is 0 Å². The second-order valence-corrected chi connectivity index (χ2v) is 2.97. The lowest BCUT2D eigenvalue weighted by Gasteiger charge is -2.11. The lowest BCUT2D eigenvalue weighted by Crippen LogP contribution is -2.13. The molecule has 0 bridgehead atoms. The number of ether oxygens (including phenoxy) is 1. The molecule has 0 aromatic carbocycles. The van der Waals surface area contributed by atoms with Crippen LogP contribution in [0.15, 0.2) is 26.5 Å². The zero-order valence-electron chi connectivity index (χ0n) is 6.40. The van der Waals surface area contributed by atoms with Crippen molar-refractivity contribution in [2.45, 2.75) is 6.42 Å². The van der Waals surface area contributed by atoms with Crippen LogP contribution in [-0.4, -0.2) is 24.9 Å². The van der Waals surface area contributed by atoms with Crippen molar-refractivity contribution < 1.29 is 4.74 Å². The summed E-state index contributed by atoms with van der Waals surface area (Å²) >= 11 is 0. The molecule has 0 N–H and O–H groups in total. The van der Waals surface area contributed by atoms with Gasteiger partial charge in [-0.3, -0.25) is 0 Å². The number of fused-ring (bicyclic) bond motifs is 2. The van der Waals surface area contributed by atoms with Gasteiger partial charge in [0.05, 0.1) is 24.3 Å². The maximum absolute atomic E-state index is 5.49. The molecule has 3 rings (SSSR count). The van der Waals surface area contributed by atoms with E-state index in [0.717, 1.165) is 24.4 Å². The first kappa shape index (κ1) is 6.11. The summed E-state index contributed by atoms with van der Waals surface area (Å²) in [7, 11) is 0. The Morgan fingerprint density at radius 1 is 1.50 bits per heavy atom. The van der Waals surface area contributed by atoms with Crippen LogP contribution in [-0.2, 0) is 4.74 Å². The minimum atomic E-state index is 0.364. The lowest BCUT2D eigenvalue weighted by molar-refractivity contribution is 0.261. The molecule has 0 radical (unpaired) electrons. The second kappa shape index (κ2) is 2.03. The van der Waals surface area contributed by atoms with Crippen LogP contribution in [0.1, 0.15) is 6.42 Å². The molecular formula is C8H7N3O. The molecule has 0 aromatic rings. The third kappa shape index (κ3) is 0.642. The van der Waals surface area contributed by atoms with E-state index in [1.165, 1.54) is 0 Å². The largest absolute Gasteiger partial charge is 0.496 e. The van der Waals surface area contributed by atoms with E-state index < -0.39 is 0 Å². The first-order valence-electron chi connectivity index (χ1n) is 3.98. The number of amidine groups is 1. The van der Waals surface area contributed by atoms with E-state index in [1.54, 1.807) is 6.21 Å². The van der Waals surface area contributed by atoms with Crippen LogP contribution in [0.4, 0.5) is 0 Å². The lowest BCUT2D eigenvalue weighted by atomic mass is 10.0. The monoisotopic (exact) mass is 161 g/mol. The molecule has 1 unspecified atom stereocenters. The Morgan fingerprint density at radius 3 is 3.50 bits per heavy atom. The number of hydrogen-bond acceptors (Lipinski definition) is 4. The fraction of sp³-hybridized carbons (Fsp3) is 0.375. The summed E-state index contributed by atoms with van der Waals surface area (Å²) in [5, 5.41) is 7.67. The Hall–Kier alpha value is -1.45. The molecule has 1 fully saturated rings. The fourth-order valence-corrected chi connectivity index (χ4v) is 1.64. The first-order valence-corrected chi connectivity index (χ1v) is 3.98. The van der Waals surface area contributed by atoms with E-state index in [4.69, 9.17) is 4.74 Å². The smallest absolute Gasteiger partial charge is 0.186 e. The molecule has 4 nitrogen and oxygen atoms in total. The van der Waals surface area contributed by atoms with E-state index in [0.29, 0.717) is 11.8 Å². The van der Waals surface area contributed by atoms with Gasteiger partial charge in [-0.2, -0.15) is 5.10 Å². The Bertz CT molecular complexity index is 351. The van der Waals surface area contributed by atoms with Crippen molar-refractivity contribution in [1.82, 2.24) is 0 Å². The molecule has 3 heterocycles. The van der Waals surface area contributed by atoms with Gasteiger partial charge in [0.1, 0.15) is 5.76 Å². The highest BCUT2D eigenvalue weighted by Gasteiger charge is 2.30. The van der Waals surface area contributed by atoms with Gasteiger partial charge in [0.15, 0.2) is 5.84 Å². The molecule has 0 aliphatic carbocycles. The summed E-state index contributed by atoms with van der Waals surface area (Å²) in [5.74, 6) is 2.07. The zero-order chi connectivity index (χ0) is 7.97. The van der Waals surface area contributed by atoms with Gasteiger partial charge in [-0.25, -0.2) is 4.99 Å². The van der Waals surface area contributed by atoms with Crippen molar-refractivity contribution in [3.8, 4) is 0 Å². The maximum atomic E-state index is 5.49. The minimum Gasteiger partial charge on any atom is -0.496 e. The van der Waals surface area contributed by atoms with E-state index >= 15 is 0 Å². The van der Waals surface area contributed by atoms with Crippen molar-refractivity contribution in [2.24, 2.45) is 21.1 Å². The van der Waals surface area contributed by atoms with Crippen LogP contribution in [0.2, 0.25) is 0 Å². The van der Waals surface area contributed by atoms with Crippen molar-refractivity contribution in [1.29, 1.82) is 0 Å².